The van der Waals surface area contributed by atoms with Crippen molar-refractivity contribution >= 4 is 34.8 Å². The van der Waals surface area contributed by atoms with Crippen molar-refractivity contribution in [2.75, 3.05) is 0 Å². The Morgan fingerprint density at radius 1 is 1.21 bits per heavy atom. The Morgan fingerprint density at radius 2 is 1.86 bits per heavy atom. The lowest BCUT2D eigenvalue weighted by molar-refractivity contribution is -0.143. The number of benzene rings is 1. The van der Waals surface area contributed by atoms with Gasteiger partial charge in [-0.2, -0.15) is 0 Å². The highest BCUT2D eigenvalue weighted by atomic mass is 32.2. The summed E-state index contributed by atoms with van der Waals surface area (Å²) in [5.74, 6) is -0.637. The number of hydrogen-bond acceptors (Lipinski definition) is 7. The van der Waals surface area contributed by atoms with Gasteiger partial charge < -0.3 is 9.47 Å². The van der Waals surface area contributed by atoms with E-state index in [1.54, 1.807) is 49.9 Å². The number of fused-ring (bicyclic) bond motifs is 1. The molecule has 0 radical (unpaired) electrons. The molecule has 8 heteroatoms. The molecule has 7 nitrogen and oxygen atoms in total. The minimum absolute atomic E-state index is 0.111. The third kappa shape index (κ3) is 3.82. The van der Waals surface area contributed by atoms with Crippen molar-refractivity contribution in [1.29, 1.82) is 0 Å². The highest BCUT2D eigenvalue weighted by Crippen LogP contribution is 2.43. The van der Waals surface area contributed by atoms with E-state index in [2.05, 4.69) is 4.99 Å². The van der Waals surface area contributed by atoms with Gasteiger partial charge in [0.15, 0.2) is 5.17 Å². The van der Waals surface area contributed by atoms with Gasteiger partial charge in [-0.15, -0.1) is 0 Å². The van der Waals surface area contributed by atoms with Crippen LogP contribution >= 0.6 is 11.8 Å². The predicted molar refractivity (Wildman–Crippen MR) is 106 cm³/mol. The summed E-state index contributed by atoms with van der Waals surface area (Å²) < 4.78 is 10.5. The average Bonchev–Trinajstić information content (AvgIpc) is 2.87. The number of aliphatic imine (C=N–C) groups is 1. The molecule has 148 valence electrons. The van der Waals surface area contributed by atoms with E-state index >= 15 is 0 Å². The molecule has 0 aliphatic carbocycles. The van der Waals surface area contributed by atoms with Gasteiger partial charge in [0, 0.05) is 6.92 Å². The fraction of sp³-hybridized carbons (Fsp3) is 0.400. The average molecular weight is 402 g/mol. The first-order valence-corrected chi connectivity index (χ1v) is 9.85. The molecule has 3 rings (SSSR count). The molecule has 1 fully saturated rings. The van der Waals surface area contributed by atoms with Crippen LogP contribution in [-0.4, -0.2) is 39.3 Å². The normalized spacial score (nSPS) is 21.6. The van der Waals surface area contributed by atoms with E-state index in [1.165, 1.54) is 18.7 Å². The van der Waals surface area contributed by atoms with Gasteiger partial charge >= 0.3 is 11.9 Å². The largest absolute Gasteiger partial charge is 0.459 e. The van der Waals surface area contributed by atoms with Gasteiger partial charge in [0.1, 0.15) is 5.75 Å². The molecule has 1 amide bonds. The lowest BCUT2D eigenvalue weighted by atomic mass is 9.94. The molecule has 0 spiro atoms. The Bertz CT molecular complexity index is 888. The number of amidine groups is 1. The van der Waals surface area contributed by atoms with Crippen LogP contribution in [-0.2, 0) is 19.1 Å². The van der Waals surface area contributed by atoms with E-state index in [-0.39, 0.29) is 17.3 Å². The summed E-state index contributed by atoms with van der Waals surface area (Å²) in [5.41, 5.74) is 1.57. The second-order valence-corrected chi connectivity index (χ2v) is 8.19. The van der Waals surface area contributed by atoms with Gasteiger partial charge in [0.25, 0.3) is 0 Å². The molecule has 2 aliphatic heterocycles. The highest BCUT2D eigenvalue weighted by Gasteiger charge is 2.46. The zero-order valence-corrected chi connectivity index (χ0v) is 17.2. The van der Waals surface area contributed by atoms with Crippen LogP contribution in [0.5, 0.6) is 5.75 Å². The summed E-state index contributed by atoms with van der Waals surface area (Å²) in [4.78, 5) is 42.8. The maximum Gasteiger partial charge on any atom is 0.338 e. The Labute approximate surface area is 167 Å². The summed E-state index contributed by atoms with van der Waals surface area (Å²) >= 11 is 1.37. The van der Waals surface area contributed by atoms with E-state index in [0.29, 0.717) is 27.8 Å². The Kier molecular flexibility index (Phi) is 5.60. The van der Waals surface area contributed by atoms with E-state index in [9.17, 15) is 14.4 Å². The predicted octanol–water partition coefficient (Wildman–Crippen LogP) is 3.21. The number of hydrogen-bond donors (Lipinski definition) is 0. The third-order valence-corrected chi connectivity index (χ3v) is 5.33. The number of carbonyl (C=O) groups excluding carboxylic acids is 3. The van der Waals surface area contributed by atoms with Crippen LogP contribution in [0.3, 0.4) is 0 Å². The maximum atomic E-state index is 12.8. The maximum absolute atomic E-state index is 12.8. The number of esters is 2. The van der Waals surface area contributed by atoms with Crippen LogP contribution < -0.4 is 4.74 Å². The van der Waals surface area contributed by atoms with Crippen LogP contribution in [0.2, 0.25) is 0 Å². The van der Waals surface area contributed by atoms with Crippen molar-refractivity contribution in [2.24, 2.45) is 4.99 Å². The van der Waals surface area contributed by atoms with Crippen LogP contribution in [0.25, 0.3) is 0 Å². The molecule has 1 aromatic carbocycles. The molecule has 2 unspecified atom stereocenters. The van der Waals surface area contributed by atoms with Gasteiger partial charge in [-0.3, -0.25) is 14.5 Å². The molecule has 0 aromatic heterocycles. The van der Waals surface area contributed by atoms with Crippen molar-refractivity contribution in [3.8, 4) is 5.75 Å². The van der Waals surface area contributed by atoms with Gasteiger partial charge in [-0.1, -0.05) is 23.9 Å². The second kappa shape index (κ2) is 7.79. The SMILES string of the molecule is CC(=O)Oc1ccc(C2C(C(=O)OC(C)C)=C(C)N=C3SC(C)C(=O)N32)cc1. The Morgan fingerprint density at radius 3 is 2.43 bits per heavy atom. The standard InChI is InChI=1S/C20H22N2O5S/c1-10(2)26-19(25)16-11(3)21-20-22(18(24)12(4)28-20)17(16)14-6-8-15(9-7-14)27-13(5)23/h6-10,12,17H,1-5H3. The van der Waals surface area contributed by atoms with Crippen molar-refractivity contribution in [3.63, 3.8) is 0 Å². The molecule has 2 aliphatic rings. The van der Waals surface area contributed by atoms with Crippen LogP contribution in [0.1, 0.15) is 46.2 Å². The quantitative estimate of drug-likeness (QED) is 0.568. The Hall–Kier alpha value is -2.61. The minimum Gasteiger partial charge on any atom is -0.459 e. The molecule has 0 bridgehead atoms. The lowest BCUT2D eigenvalue weighted by Gasteiger charge is -2.33. The molecule has 2 heterocycles. The first-order chi connectivity index (χ1) is 13.2. The number of carbonyl (C=O) groups is 3. The first-order valence-electron chi connectivity index (χ1n) is 8.97. The number of nitrogens with zero attached hydrogens (tertiary/aromatic N) is 2. The number of amides is 1. The Balaban J connectivity index is 2.06. The molecule has 0 N–H and O–H groups in total. The van der Waals surface area contributed by atoms with Gasteiger partial charge in [-0.25, -0.2) is 9.79 Å². The van der Waals surface area contributed by atoms with Gasteiger partial charge in [-0.05, 0) is 45.4 Å². The lowest BCUT2D eigenvalue weighted by Crippen LogP contribution is -2.40. The smallest absolute Gasteiger partial charge is 0.338 e. The number of allylic oxidation sites excluding steroid dienone is 1. The third-order valence-electron chi connectivity index (χ3n) is 4.28. The van der Waals surface area contributed by atoms with Crippen LogP contribution in [0, 0.1) is 0 Å². The van der Waals surface area contributed by atoms with Crippen molar-refractivity contribution in [2.45, 2.75) is 52.0 Å². The first kappa shape index (κ1) is 20.1. The van der Waals surface area contributed by atoms with Crippen molar-refractivity contribution in [3.05, 3.63) is 41.1 Å². The molecule has 2 atom stereocenters. The summed E-state index contributed by atoms with van der Waals surface area (Å²) in [6.45, 7) is 8.43. The van der Waals surface area contributed by atoms with Gasteiger partial charge in [0.05, 0.1) is 28.7 Å². The number of ether oxygens (including phenoxy) is 2. The van der Waals surface area contributed by atoms with Gasteiger partial charge in [0.2, 0.25) is 5.91 Å². The van der Waals surface area contributed by atoms with E-state index in [4.69, 9.17) is 9.47 Å². The summed E-state index contributed by atoms with van der Waals surface area (Å²) in [6.07, 6.45) is -0.298. The zero-order valence-electron chi connectivity index (χ0n) is 16.4. The molecular formula is C20H22N2O5S. The van der Waals surface area contributed by atoms with Crippen LogP contribution in [0.4, 0.5) is 0 Å². The monoisotopic (exact) mass is 402 g/mol. The minimum atomic E-state index is -0.643. The summed E-state index contributed by atoms with van der Waals surface area (Å²) in [7, 11) is 0. The highest BCUT2D eigenvalue weighted by molar-refractivity contribution is 8.15. The number of thioether (sulfide) groups is 1. The van der Waals surface area contributed by atoms with Crippen LogP contribution in [0.15, 0.2) is 40.5 Å². The molecule has 1 saturated heterocycles. The summed E-state index contributed by atoms with van der Waals surface area (Å²) in [5, 5.41) is 0.292. The van der Waals surface area contributed by atoms with Crippen molar-refractivity contribution in [1.82, 2.24) is 4.90 Å². The van der Waals surface area contributed by atoms with E-state index < -0.39 is 18.0 Å². The molecule has 1 aromatic rings. The number of rotatable bonds is 4. The summed E-state index contributed by atoms with van der Waals surface area (Å²) in [6, 6.07) is 6.11. The molecule has 0 saturated carbocycles. The topological polar surface area (TPSA) is 85.3 Å². The zero-order chi connectivity index (χ0) is 20.6. The molecule has 28 heavy (non-hydrogen) atoms. The fourth-order valence-electron chi connectivity index (χ4n) is 3.14. The van der Waals surface area contributed by atoms with E-state index in [1.807, 2.05) is 6.92 Å². The van der Waals surface area contributed by atoms with E-state index in [0.717, 1.165) is 0 Å². The fourth-order valence-corrected chi connectivity index (χ4v) is 4.17. The van der Waals surface area contributed by atoms with Crippen molar-refractivity contribution < 1.29 is 23.9 Å². The molecular weight excluding hydrogens is 380 g/mol. The second-order valence-electron chi connectivity index (χ2n) is 6.88.